The van der Waals surface area contributed by atoms with Gasteiger partial charge in [0.15, 0.2) is 5.75 Å². The standard InChI is InChI=1S/C23H25N2OS2/c1-4-24-18-11-7-9-13-20(18)26-22(24)15-17(27-6-3)16-23-25(5-2)19-12-8-10-14-21(19)28-23/h7-16H,4-6H2,1-3H3/q+1. The number of anilines is 1. The SMILES string of the molecule is CCSC(=C\c1sc2ccccc2[n+]1CC)/C=C1\Oc2ccccc2N1CC. The van der Waals surface area contributed by atoms with Crippen molar-refractivity contribution in [3.8, 4) is 5.75 Å². The van der Waals surface area contributed by atoms with Crippen LogP contribution in [0.3, 0.4) is 0 Å². The molecule has 0 bridgehead atoms. The Morgan fingerprint density at radius 3 is 2.68 bits per heavy atom. The number of benzene rings is 2. The fourth-order valence-corrected chi connectivity index (χ4v) is 5.47. The molecule has 4 rings (SSSR count). The molecule has 0 unspecified atom stereocenters. The van der Waals surface area contributed by atoms with Gasteiger partial charge >= 0.3 is 0 Å². The first kappa shape index (κ1) is 19.1. The lowest BCUT2D eigenvalue weighted by Gasteiger charge is -2.15. The number of allylic oxidation sites excluding steroid dienone is 1. The molecule has 5 heteroatoms. The van der Waals surface area contributed by atoms with Gasteiger partial charge in [0.25, 0.3) is 5.01 Å². The minimum atomic E-state index is 0.880. The Balaban J connectivity index is 1.75. The van der Waals surface area contributed by atoms with E-state index in [1.165, 1.54) is 20.1 Å². The predicted octanol–water partition coefficient (Wildman–Crippen LogP) is 6.06. The van der Waals surface area contributed by atoms with Crippen LogP contribution in [0.1, 0.15) is 25.8 Å². The fourth-order valence-electron chi connectivity index (χ4n) is 3.51. The predicted molar refractivity (Wildman–Crippen MR) is 122 cm³/mol. The van der Waals surface area contributed by atoms with Crippen molar-refractivity contribution in [3.63, 3.8) is 0 Å². The van der Waals surface area contributed by atoms with Crippen molar-refractivity contribution in [1.82, 2.24) is 0 Å². The number of nitrogens with zero attached hydrogens (tertiary/aromatic N) is 2. The zero-order valence-corrected chi connectivity index (χ0v) is 18.1. The minimum Gasteiger partial charge on any atom is -0.439 e. The molecule has 1 aliphatic heterocycles. The van der Waals surface area contributed by atoms with Crippen molar-refractivity contribution >= 4 is 45.1 Å². The summed E-state index contributed by atoms with van der Waals surface area (Å²) in [4.78, 5) is 3.45. The van der Waals surface area contributed by atoms with E-state index >= 15 is 0 Å². The van der Waals surface area contributed by atoms with Crippen LogP contribution in [0.15, 0.2) is 65.4 Å². The molecule has 0 N–H and O–H groups in total. The molecular weight excluding hydrogens is 384 g/mol. The molecule has 3 aromatic rings. The topological polar surface area (TPSA) is 16.4 Å². The molecule has 2 heterocycles. The molecule has 0 saturated carbocycles. The van der Waals surface area contributed by atoms with Crippen LogP contribution in [0.25, 0.3) is 16.3 Å². The number of thiazole rings is 1. The van der Waals surface area contributed by atoms with Gasteiger partial charge in [-0.15, -0.1) is 11.8 Å². The minimum absolute atomic E-state index is 0.880. The number of para-hydroxylation sites is 3. The molecule has 0 amide bonds. The van der Waals surface area contributed by atoms with Gasteiger partial charge in [-0.1, -0.05) is 42.5 Å². The zero-order chi connectivity index (χ0) is 19.5. The van der Waals surface area contributed by atoms with Crippen LogP contribution in [0.4, 0.5) is 5.69 Å². The highest BCUT2D eigenvalue weighted by atomic mass is 32.2. The highest BCUT2D eigenvalue weighted by Crippen LogP contribution is 2.39. The first-order valence-corrected chi connectivity index (χ1v) is 11.6. The number of aromatic nitrogens is 1. The van der Waals surface area contributed by atoms with Crippen LogP contribution in [-0.2, 0) is 6.54 Å². The number of rotatable bonds is 6. The average molecular weight is 410 g/mol. The molecule has 0 saturated heterocycles. The van der Waals surface area contributed by atoms with E-state index < -0.39 is 0 Å². The smallest absolute Gasteiger partial charge is 0.263 e. The van der Waals surface area contributed by atoms with Crippen molar-refractivity contribution in [2.45, 2.75) is 27.3 Å². The summed E-state index contributed by atoms with van der Waals surface area (Å²) in [5, 5.41) is 1.27. The highest BCUT2D eigenvalue weighted by Gasteiger charge is 2.25. The second-order valence-corrected chi connectivity index (χ2v) is 8.83. The third-order valence-corrected chi connectivity index (χ3v) is 6.72. The van der Waals surface area contributed by atoms with Crippen LogP contribution in [-0.4, -0.2) is 12.3 Å². The largest absolute Gasteiger partial charge is 0.439 e. The summed E-state index contributed by atoms with van der Waals surface area (Å²) in [7, 11) is 0. The highest BCUT2D eigenvalue weighted by molar-refractivity contribution is 8.03. The van der Waals surface area contributed by atoms with Crippen molar-refractivity contribution in [3.05, 3.63) is 70.4 Å². The first-order valence-electron chi connectivity index (χ1n) is 9.77. The Hall–Kier alpha value is -2.24. The summed E-state index contributed by atoms with van der Waals surface area (Å²) in [5.41, 5.74) is 2.44. The number of fused-ring (bicyclic) bond motifs is 2. The van der Waals surface area contributed by atoms with Crippen LogP contribution < -0.4 is 14.2 Å². The fraction of sp³-hybridized carbons (Fsp3) is 0.261. The molecule has 28 heavy (non-hydrogen) atoms. The second-order valence-electron chi connectivity index (χ2n) is 6.43. The van der Waals surface area contributed by atoms with Gasteiger partial charge in [-0.25, -0.2) is 0 Å². The second kappa shape index (κ2) is 8.41. The maximum atomic E-state index is 6.17. The van der Waals surface area contributed by atoms with E-state index in [9.17, 15) is 0 Å². The third-order valence-electron chi connectivity index (χ3n) is 4.75. The van der Waals surface area contributed by atoms with Gasteiger partial charge in [0, 0.05) is 29.7 Å². The maximum absolute atomic E-state index is 6.17. The Bertz CT molecular complexity index is 1050. The van der Waals surface area contributed by atoms with Crippen molar-refractivity contribution in [2.24, 2.45) is 0 Å². The zero-order valence-electron chi connectivity index (χ0n) is 16.5. The van der Waals surface area contributed by atoms with Crippen LogP contribution in [0, 0.1) is 0 Å². The number of thioether (sulfide) groups is 1. The first-order chi connectivity index (χ1) is 13.7. The van der Waals surface area contributed by atoms with Crippen LogP contribution in [0.5, 0.6) is 5.75 Å². The van der Waals surface area contributed by atoms with E-state index in [0.717, 1.165) is 36.2 Å². The van der Waals surface area contributed by atoms with Gasteiger partial charge in [0.2, 0.25) is 11.4 Å². The van der Waals surface area contributed by atoms with Crippen LogP contribution >= 0.6 is 23.1 Å². The van der Waals surface area contributed by atoms with Gasteiger partial charge in [-0.05, 0) is 37.8 Å². The van der Waals surface area contributed by atoms with E-state index in [0.29, 0.717) is 0 Å². The number of ether oxygens (including phenoxy) is 1. The van der Waals surface area contributed by atoms with E-state index in [1.807, 2.05) is 35.2 Å². The quantitative estimate of drug-likeness (QED) is 0.460. The molecule has 0 atom stereocenters. The Morgan fingerprint density at radius 2 is 1.89 bits per heavy atom. The molecule has 0 radical (unpaired) electrons. The monoisotopic (exact) mass is 409 g/mol. The molecule has 0 fully saturated rings. The van der Waals surface area contributed by atoms with Gasteiger partial charge in [-0.2, -0.15) is 4.57 Å². The molecule has 0 aliphatic carbocycles. The number of hydrogen-bond acceptors (Lipinski definition) is 4. The molecule has 144 valence electrons. The van der Waals surface area contributed by atoms with E-state index in [1.54, 1.807) is 0 Å². The molecule has 1 aromatic heterocycles. The Kier molecular flexibility index (Phi) is 5.74. The van der Waals surface area contributed by atoms with Gasteiger partial charge in [0.1, 0.15) is 11.2 Å². The Morgan fingerprint density at radius 1 is 1.11 bits per heavy atom. The molecule has 0 spiro atoms. The molecule has 2 aromatic carbocycles. The summed E-state index contributed by atoms with van der Waals surface area (Å²) in [6.45, 7) is 8.39. The maximum Gasteiger partial charge on any atom is 0.263 e. The van der Waals surface area contributed by atoms with Crippen molar-refractivity contribution in [2.75, 3.05) is 17.2 Å². The van der Waals surface area contributed by atoms with E-state index in [-0.39, 0.29) is 0 Å². The Labute approximate surface area is 175 Å². The van der Waals surface area contributed by atoms with E-state index in [2.05, 4.69) is 78.8 Å². The molecular formula is C23H25N2OS2+. The van der Waals surface area contributed by atoms with Gasteiger partial charge in [-0.3, -0.25) is 0 Å². The van der Waals surface area contributed by atoms with Crippen molar-refractivity contribution < 1.29 is 9.30 Å². The summed E-state index contributed by atoms with van der Waals surface area (Å²) in [6.07, 6.45) is 4.48. The number of aryl methyl sites for hydroxylation is 1. The molecule has 3 nitrogen and oxygen atoms in total. The lowest BCUT2D eigenvalue weighted by Crippen LogP contribution is -2.33. The number of hydrogen-bond donors (Lipinski definition) is 0. The third kappa shape index (κ3) is 3.56. The normalized spacial score (nSPS) is 15.3. The van der Waals surface area contributed by atoms with E-state index in [4.69, 9.17) is 4.74 Å². The lowest BCUT2D eigenvalue weighted by atomic mass is 10.3. The molecule has 1 aliphatic rings. The summed E-state index contributed by atoms with van der Waals surface area (Å²) in [6, 6.07) is 16.9. The summed E-state index contributed by atoms with van der Waals surface area (Å²) >= 11 is 3.69. The van der Waals surface area contributed by atoms with Gasteiger partial charge in [0.05, 0.1) is 5.69 Å². The van der Waals surface area contributed by atoms with Crippen molar-refractivity contribution in [1.29, 1.82) is 0 Å². The van der Waals surface area contributed by atoms with Crippen LogP contribution in [0.2, 0.25) is 0 Å². The average Bonchev–Trinajstić information content (AvgIpc) is 3.24. The summed E-state index contributed by atoms with van der Waals surface area (Å²) < 4.78 is 9.88. The summed E-state index contributed by atoms with van der Waals surface area (Å²) in [5.74, 6) is 2.85. The lowest BCUT2D eigenvalue weighted by molar-refractivity contribution is -0.665. The van der Waals surface area contributed by atoms with Gasteiger partial charge < -0.3 is 9.64 Å².